The van der Waals surface area contributed by atoms with Crippen LogP contribution in [0.2, 0.25) is 0 Å². The van der Waals surface area contributed by atoms with Crippen LogP contribution in [-0.4, -0.2) is 45.2 Å². The summed E-state index contributed by atoms with van der Waals surface area (Å²) in [5.74, 6) is -1.18. The molecule has 1 N–H and O–H groups in total. The monoisotopic (exact) mass is 275 g/mol. The van der Waals surface area contributed by atoms with E-state index in [2.05, 4.69) is 4.84 Å². The molecule has 0 unspecified atom stereocenters. The normalized spacial score (nSPS) is 11.6. The van der Waals surface area contributed by atoms with E-state index in [0.717, 1.165) is 6.07 Å². The van der Waals surface area contributed by atoms with Gasteiger partial charge in [0, 0.05) is 7.05 Å². The lowest BCUT2D eigenvalue weighted by molar-refractivity contribution is -0.0259. The van der Waals surface area contributed by atoms with Crippen molar-refractivity contribution in [3.8, 4) is 5.75 Å². The van der Waals surface area contributed by atoms with Gasteiger partial charge < -0.3 is 9.84 Å². The first kappa shape index (κ1) is 14.4. The molecule has 0 bridgehead atoms. The van der Waals surface area contributed by atoms with Crippen molar-refractivity contribution < 1.29 is 27.9 Å². The van der Waals surface area contributed by atoms with Gasteiger partial charge in [-0.2, -0.15) is 0 Å². The van der Waals surface area contributed by atoms with Crippen LogP contribution in [0.5, 0.6) is 5.75 Å². The second-order valence-electron chi connectivity index (χ2n) is 3.27. The van der Waals surface area contributed by atoms with Gasteiger partial charge in [-0.1, -0.05) is 4.47 Å². The number of carbonyl (C=O) groups is 1. The maximum absolute atomic E-state index is 12.0. The third-order valence-corrected chi connectivity index (χ3v) is 3.98. The molecule has 0 heterocycles. The largest absolute Gasteiger partial charge is 0.495 e. The molecule has 1 aromatic carbocycles. The third-order valence-electron chi connectivity index (χ3n) is 2.28. The summed E-state index contributed by atoms with van der Waals surface area (Å²) in [6, 6.07) is 3.55. The molecule has 18 heavy (non-hydrogen) atoms. The van der Waals surface area contributed by atoms with E-state index >= 15 is 0 Å². The van der Waals surface area contributed by atoms with Crippen LogP contribution in [0.25, 0.3) is 0 Å². The van der Waals surface area contributed by atoms with E-state index in [-0.39, 0.29) is 16.2 Å². The highest BCUT2D eigenvalue weighted by Gasteiger charge is 2.26. The van der Waals surface area contributed by atoms with Crippen LogP contribution >= 0.6 is 0 Å². The second-order valence-corrected chi connectivity index (χ2v) is 5.17. The first-order valence-electron chi connectivity index (χ1n) is 4.79. The molecular formula is C10H13NO6S. The van der Waals surface area contributed by atoms with Crippen molar-refractivity contribution in [2.24, 2.45) is 0 Å². The van der Waals surface area contributed by atoms with Crippen molar-refractivity contribution in [3.63, 3.8) is 0 Å². The minimum atomic E-state index is -3.97. The average molecular weight is 275 g/mol. The fourth-order valence-electron chi connectivity index (χ4n) is 1.25. The minimum Gasteiger partial charge on any atom is -0.495 e. The van der Waals surface area contributed by atoms with Crippen LogP contribution < -0.4 is 4.74 Å². The maximum Gasteiger partial charge on any atom is 0.335 e. The number of nitrogens with zero attached hydrogens (tertiary/aromatic N) is 1. The Morgan fingerprint density at radius 2 is 1.94 bits per heavy atom. The summed E-state index contributed by atoms with van der Waals surface area (Å²) in [6.07, 6.45) is 0. The quantitative estimate of drug-likeness (QED) is 0.790. The van der Waals surface area contributed by atoms with Gasteiger partial charge in [-0.15, -0.1) is 0 Å². The number of benzene rings is 1. The summed E-state index contributed by atoms with van der Waals surface area (Å²) in [5.41, 5.74) is -0.154. The molecule has 1 rings (SSSR count). The van der Waals surface area contributed by atoms with E-state index in [0.29, 0.717) is 4.47 Å². The van der Waals surface area contributed by atoms with Gasteiger partial charge in [0.05, 0.1) is 19.8 Å². The predicted octanol–water partition coefficient (Wildman–Crippen LogP) is 0.575. The van der Waals surface area contributed by atoms with Crippen molar-refractivity contribution in [2.45, 2.75) is 4.90 Å². The molecule has 0 saturated heterocycles. The molecule has 0 aliphatic rings. The van der Waals surface area contributed by atoms with Gasteiger partial charge in [0.25, 0.3) is 10.0 Å². The van der Waals surface area contributed by atoms with E-state index in [9.17, 15) is 13.2 Å². The van der Waals surface area contributed by atoms with Crippen molar-refractivity contribution in [2.75, 3.05) is 21.3 Å². The van der Waals surface area contributed by atoms with E-state index in [1.54, 1.807) is 0 Å². The Morgan fingerprint density at radius 1 is 1.33 bits per heavy atom. The van der Waals surface area contributed by atoms with Crippen LogP contribution in [0.1, 0.15) is 10.4 Å². The Kier molecular flexibility index (Phi) is 4.28. The third kappa shape index (κ3) is 2.61. The van der Waals surface area contributed by atoms with E-state index in [1.165, 1.54) is 33.4 Å². The summed E-state index contributed by atoms with van der Waals surface area (Å²) in [5, 5.41) is 8.85. The second kappa shape index (κ2) is 5.34. The molecule has 0 spiro atoms. The molecule has 0 aliphatic heterocycles. The predicted molar refractivity (Wildman–Crippen MR) is 61.9 cm³/mol. The number of hydrogen-bond acceptors (Lipinski definition) is 5. The number of ether oxygens (including phenoxy) is 1. The highest BCUT2D eigenvalue weighted by molar-refractivity contribution is 7.89. The number of aromatic carboxylic acids is 1. The summed E-state index contributed by atoms with van der Waals surface area (Å²) in [6.45, 7) is 0. The molecular weight excluding hydrogens is 262 g/mol. The number of rotatable bonds is 5. The maximum atomic E-state index is 12.0. The van der Waals surface area contributed by atoms with Crippen molar-refractivity contribution >= 4 is 16.0 Å². The molecule has 0 aromatic heterocycles. The minimum absolute atomic E-state index is 0.0453. The number of methoxy groups -OCH3 is 1. The zero-order chi connectivity index (χ0) is 13.9. The van der Waals surface area contributed by atoms with Gasteiger partial charge in [-0.05, 0) is 18.2 Å². The van der Waals surface area contributed by atoms with Gasteiger partial charge in [0.2, 0.25) is 0 Å². The summed E-state index contributed by atoms with van der Waals surface area (Å²) < 4.78 is 29.6. The average Bonchev–Trinajstić information content (AvgIpc) is 2.36. The Hall–Kier alpha value is -1.64. The zero-order valence-electron chi connectivity index (χ0n) is 10.1. The molecule has 0 saturated carbocycles. The molecule has 7 nitrogen and oxygen atoms in total. The van der Waals surface area contributed by atoms with Crippen molar-refractivity contribution in [1.29, 1.82) is 0 Å². The standard InChI is InChI=1S/C10H13NO6S/c1-11(17-3)18(14,15)9-6-7(10(12)13)4-5-8(9)16-2/h4-6H,1-3H3,(H,12,13). The first-order chi connectivity index (χ1) is 8.34. The van der Waals surface area contributed by atoms with E-state index in [1.807, 2.05) is 0 Å². The van der Waals surface area contributed by atoms with Gasteiger partial charge in [-0.25, -0.2) is 13.2 Å². The summed E-state index contributed by atoms with van der Waals surface area (Å²) >= 11 is 0. The molecule has 0 fully saturated rings. The number of carboxylic acids is 1. The number of hydrogen-bond donors (Lipinski definition) is 1. The highest BCUT2D eigenvalue weighted by Crippen LogP contribution is 2.27. The molecule has 0 amide bonds. The van der Waals surface area contributed by atoms with Crippen molar-refractivity contribution in [3.05, 3.63) is 23.8 Å². The SMILES string of the molecule is COc1ccc(C(=O)O)cc1S(=O)(=O)N(C)OC. The number of carboxylic acid groups (broad SMARTS) is 1. The number of sulfonamides is 1. The van der Waals surface area contributed by atoms with Gasteiger partial charge in [-0.3, -0.25) is 4.84 Å². The Bertz CT molecular complexity index is 553. The topological polar surface area (TPSA) is 93.1 Å². The van der Waals surface area contributed by atoms with Gasteiger partial charge >= 0.3 is 5.97 Å². The zero-order valence-corrected chi connectivity index (χ0v) is 10.9. The Labute approximate surface area is 105 Å². The van der Waals surface area contributed by atoms with Crippen LogP contribution in [0, 0.1) is 0 Å². The molecule has 100 valence electrons. The van der Waals surface area contributed by atoms with E-state index < -0.39 is 16.0 Å². The van der Waals surface area contributed by atoms with E-state index in [4.69, 9.17) is 9.84 Å². The molecule has 0 atom stereocenters. The molecule has 0 radical (unpaired) electrons. The lowest BCUT2D eigenvalue weighted by Crippen LogP contribution is -2.26. The fourth-order valence-corrected chi connectivity index (χ4v) is 2.40. The molecule has 0 aliphatic carbocycles. The van der Waals surface area contributed by atoms with Crippen LogP contribution in [0.4, 0.5) is 0 Å². The molecule has 8 heteroatoms. The lowest BCUT2D eigenvalue weighted by atomic mass is 10.2. The summed E-state index contributed by atoms with van der Waals surface area (Å²) in [7, 11) is -0.290. The van der Waals surface area contributed by atoms with Crippen LogP contribution in [-0.2, 0) is 14.9 Å². The fraction of sp³-hybridized carbons (Fsp3) is 0.300. The van der Waals surface area contributed by atoms with Crippen molar-refractivity contribution in [1.82, 2.24) is 4.47 Å². The summed E-state index contributed by atoms with van der Waals surface area (Å²) in [4.78, 5) is 15.2. The first-order valence-corrected chi connectivity index (χ1v) is 6.23. The van der Waals surface area contributed by atoms with Gasteiger partial charge in [0.15, 0.2) is 0 Å². The van der Waals surface area contributed by atoms with Gasteiger partial charge in [0.1, 0.15) is 10.6 Å². The van der Waals surface area contributed by atoms with Crippen LogP contribution in [0.3, 0.4) is 0 Å². The van der Waals surface area contributed by atoms with Crippen LogP contribution in [0.15, 0.2) is 23.1 Å². The molecule has 1 aromatic rings. The Morgan fingerprint density at radius 3 is 2.39 bits per heavy atom. The lowest BCUT2D eigenvalue weighted by Gasteiger charge is -2.16. The number of hydroxylamine groups is 1. The smallest absolute Gasteiger partial charge is 0.335 e. The highest BCUT2D eigenvalue weighted by atomic mass is 32.2. The Balaban J connectivity index is 3.46.